The van der Waals surface area contributed by atoms with E-state index >= 15 is 0 Å². The van der Waals surface area contributed by atoms with Gasteiger partial charge in [0.05, 0.1) is 6.04 Å². The fourth-order valence-electron chi connectivity index (χ4n) is 2.21. The zero-order valence-corrected chi connectivity index (χ0v) is 9.74. The van der Waals surface area contributed by atoms with Crippen LogP contribution in [0.3, 0.4) is 0 Å². The third-order valence-electron chi connectivity index (χ3n) is 3.21. The van der Waals surface area contributed by atoms with E-state index in [0.717, 1.165) is 0 Å². The van der Waals surface area contributed by atoms with Gasteiger partial charge in [-0.05, 0) is 12.8 Å². The monoisotopic (exact) mass is 258 g/mol. The molecule has 0 aromatic carbocycles. The second kappa shape index (κ2) is 4.33. The van der Waals surface area contributed by atoms with Crippen LogP contribution in [0.4, 0.5) is 9.59 Å². The van der Waals surface area contributed by atoms with Gasteiger partial charge in [-0.2, -0.15) is 0 Å². The Morgan fingerprint density at radius 2 is 2.11 bits per heavy atom. The number of carbonyl (C=O) groups is 3. The van der Waals surface area contributed by atoms with Crippen molar-refractivity contribution in [3.8, 4) is 0 Å². The average Bonchev–Trinajstić information content (AvgIpc) is 2.54. The van der Waals surface area contributed by atoms with Crippen molar-refractivity contribution in [2.24, 2.45) is 0 Å². The molecule has 2 bridgehead atoms. The minimum atomic E-state index is -1.30. The summed E-state index contributed by atoms with van der Waals surface area (Å²) < 4.78 is 0. The number of hydrazine groups is 1. The Morgan fingerprint density at radius 1 is 1.44 bits per heavy atom. The Labute approximate surface area is 102 Å². The number of urea groups is 1. The molecule has 0 unspecified atom stereocenters. The van der Waals surface area contributed by atoms with Gasteiger partial charge in [0.25, 0.3) is 5.91 Å². The van der Waals surface area contributed by atoms with Crippen LogP contribution in [0.5, 0.6) is 0 Å². The SMILES string of the molecule is CN(NC(=O)[C@@H]1CC[C@@H]2CN1C(=O)N2O)C(=O)O. The van der Waals surface area contributed by atoms with E-state index in [9.17, 15) is 19.6 Å². The molecular formula is C9H14N4O5. The van der Waals surface area contributed by atoms with E-state index in [4.69, 9.17) is 5.11 Å². The van der Waals surface area contributed by atoms with Gasteiger partial charge in [0.15, 0.2) is 0 Å². The highest BCUT2D eigenvalue weighted by Gasteiger charge is 2.46. The number of fused-ring (bicyclic) bond motifs is 2. The molecule has 2 fully saturated rings. The molecule has 0 aromatic rings. The molecule has 2 rings (SSSR count). The number of piperidine rings is 1. The Balaban J connectivity index is 2.04. The molecule has 2 aliphatic heterocycles. The van der Waals surface area contributed by atoms with E-state index in [2.05, 4.69) is 5.43 Å². The number of amides is 4. The van der Waals surface area contributed by atoms with Crippen LogP contribution in [0.1, 0.15) is 12.8 Å². The van der Waals surface area contributed by atoms with E-state index in [-0.39, 0.29) is 12.6 Å². The largest absolute Gasteiger partial charge is 0.464 e. The summed E-state index contributed by atoms with van der Waals surface area (Å²) in [6, 6.07) is -1.64. The lowest BCUT2D eigenvalue weighted by atomic mass is 10.0. The smallest absolute Gasteiger partial charge is 0.425 e. The molecule has 0 radical (unpaired) electrons. The molecule has 18 heavy (non-hydrogen) atoms. The van der Waals surface area contributed by atoms with Crippen molar-refractivity contribution < 1.29 is 24.7 Å². The standard InChI is InChI=1S/C9H14N4O5/c1-11(9(16)17)10-7(14)6-3-2-5-4-12(6)8(15)13(5)18/h5-6,18H,2-4H2,1H3,(H,10,14)(H,16,17)/t5-,6+/m1/s1. The Kier molecular flexibility index (Phi) is 2.99. The number of carbonyl (C=O) groups excluding carboxylic acids is 2. The molecule has 100 valence electrons. The molecule has 3 N–H and O–H groups in total. The highest BCUT2D eigenvalue weighted by Crippen LogP contribution is 2.28. The zero-order valence-electron chi connectivity index (χ0n) is 9.74. The minimum absolute atomic E-state index is 0.279. The topological polar surface area (TPSA) is 113 Å². The minimum Gasteiger partial charge on any atom is -0.464 e. The molecule has 9 nitrogen and oxygen atoms in total. The molecule has 0 aromatic heterocycles. The molecule has 0 saturated carbocycles. The lowest BCUT2D eigenvalue weighted by molar-refractivity contribution is -0.129. The van der Waals surface area contributed by atoms with Gasteiger partial charge in [0, 0.05) is 13.6 Å². The van der Waals surface area contributed by atoms with Crippen molar-refractivity contribution in [2.45, 2.75) is 24.9 Å². The van der Waals surface area contributed by atoms with Gasteiger partial charge in [0.2, 0.25) is 0 Å². The van der Waals surface area contributed by atoms with Gasteiger partial charge in [-0.3, -0.25) is 15.4 Å². The first-order valence-corrected chi connectivity index (χ1v) is 5.47. The predicted octanol–water partition coefficient (Wildman–Crippen LogP) is -0.715. The molecule has 2 heterocycles. The number of carboxylic acid groups (broad SMARTS) is 1. The Hall–Kier alpha value is -2.03. The summed E-state index contributed by atoms with van der Waals surface area (Å²) in [5, 5.41) is 19.3. The average molecular weight is 258 g/mol. The summed E-state index contributed by atoms with van der Waals surface area (Å²) in [5.74, 6) is -0.568. The van der Waals surface area contributed by atoms with E-state index in [1.54, 1.807) is 0 Å². The summed E-state index contributed by atoms with van der Waals surface area (Å²) in [6.07, 6.45) is -0.394. The highest BCUT2D eigenvalue weighted by molar-refractivity contribution is 5.89. The van der Waals surface area contributed by atoms with Crippen LogP contribution in [0, 0.1) is 0 Å². The summed E-state index contributed by atoms with van der Waals surface area (Å²) in [7, 11) is 1.19. The van der Waals surface area contributed by atoms with Crippen LogP contribution in [-0.4, -0.2) is 69.0 Å². The van der Waals surface area contributed by atoms with E-state index in [1.165, 1.54) is 11.9 Å². The van der Waals surface area contributed by atoms with Gasteiger partial charge < -0.3 is 10.0 Å². The van der Waals surface area contributed by atoms with Gasteiger partial charge in [-0.15, -0.1) is 0 Å². The summed E-state index contributed by atoms with van der Waals surface area (Å²) in [6.45, 7) is 0.282. The van der Waals surface area contributed by atoms with Gasteiger partial charge in [-0.25, -0.2) is 19.7 Å². The van der Waals surface area contributed by atoms with E-state index in [0.29, 0.717) is 22.9 Å². The van der Waals surface area contributed by atoms with Crippen molar-refractivity contribution in [2.75, 3.05) is 13.6 Å². The van der Waals surface area contributed by atoms with Crippen molar-refractivity contribution in [1.82, 2.24) is 20.4 Å². The first-order valence-electron chi connectivity index (χ1n) is 5.47. The fourth-order valence-corrected chi connectivity index (χ4v) is 2.21. The van der Waals surface area contributed by atoms with Crippen LogP contribution >= 0.6 is 0 Å². The molecule has 0 spiro atoms. The van der Waals surface area contributed by atoms with Crippen LogP contribution in [0.25, 0.3) is 0 Å². The number of hydrogen-bond acceptors (Lipinski definition) is 4. The number of rotatable bonds is 1. The zero-order chi connectivity index (χ0) is 13.4. The van der Waals surface area contributed by atoms with E-state index in [1.807, 2.05) is 0 Å². The summed E-state index contributed by atoms with van der Waals surface area (Å²) >= 11 is 0. The van der Waals surface area contributed by atoms with Crippen LogP contribution in [-0.2, 0) is 4.79 Å². The van der Waals surface area contributed by atoms with Crippen LogP contribution in [0.2, 0.25) is 0 Å². The molecular weight excluding hydrogens is 244 g/mol. The van der Waals surface area contributed by atoms with Crippen LogP contribution < -0.4 is 5.43 Å². The number of nitrogens with zero attached hydrogens (tertiary/aromatic N) is 3. The maximum Gasteiger partial charge on any atom is 0.425 e. The van der Waals surface area contributed by atoms with Crippen molar-refractivity contribution in [1.29, 1.82) is 0 Å². The van der Waals surface area contributed by atoms with Crippen molar-refractivity contribution >= 4 is 18.0 Å². The van der Waals surface area contributed by atoms with E-state index < -0.39 is 24.1 Å². The second-order valence-electron chi connectivity index (χ2n) is 4.34. The van der Waals surface area contributed by atoms with Crippen molar-refractivity contribution in [3.05, 3.63) is 0 Å². The lowest BCUT2D eigenvalue weighted by Gasteiger charge is -2.30. The lowest BCUT2D eigenvalue weighted by Crippen LogP contribution is -2.54. The first-order chi connectivity index (χ1) is 8.41. The predicted molar refractivity (Wildman–Crippen MR) is 56.5 cm³/mol. The maximum atomic E-state index is 11.8. The molecule has 2 atom stereocenters. The normalized spacial score (nSPS) is 26.2. The summed E-state index contributed by atoms with van der Waals surface area (Å²) in [5.41, 5.74) is 2.17. The Bertz CT molecular complexity index is 400. The van der Waals surface area contributed by atoms with Gasteiger partial charge in [-0.1, -0.05) is 0 Å². The number of nitrogens with one attached hydrogen (secondary N) is 1. The molecule has 9 heteroatoms. The van der Waals surface area contributed by atoms with Gasteiger partial charge in [0.1, 0.15) is 6.04 Å². The number of hydroxylamine groups is 2. The second-order valence-corrected chi connectivity index (χ2v) is 4.34. The summed E-state index contributed by atoms with van der Waals surface area (Å²) in [4.78, 5) is 35.3. The third kappa shape index (κ3) is 1.92. The highest BCUT2D eigenvalue weighted by atomic mass is 16.5. The number of hydrogen-bond donors (Lipinski definition) is 3. The molecule has 0 aliphatic carbocycles. The molecule has 4 amide bonds. The third-order valence-corrected chi connectivity index (χ3v) is 3.21. The van der Waals surface area contributed by atoms with Crippen molar-refractivity contribution in [3.63, 3.8) is 0 Å². The quantitative estimate of drug-likeness (QED) is 0.424. The fraction of sp³-hybridized carbons (Fsp3) is 0.667. The molecule has 2 saturated heterocycles. The molecule has 2 aliphatic rings. The maximum absolute atomic E-state index is 11.8. The van der Waals surface area contributed by atoms with Crippen LogP contribution in [0.15, 0.2) is 0 Å². The van der Waals surface area contributed by atoms with Gasteiger partial charge >= 0.3 is 12.1 Å². The Morgan fingerprint density at radius 3 is 2.72 bits per heavy atom. The first kappa shape index (κ1) is 12.4.